The Kier molecular flexibility index (Phi) is 2.77. The summed E-state index contributed by atoms with van der Waals surface area (Å²) < 4.78 is 0. The highest BCUT2D eigenvalue weighted by Gasteiger charge is 2.45. The van der Waals surface area contributed by atoms with E-state index < -0.39 is 0 Å². The molecule has 0 heterocycles. The van der Waals surface area contributed by atoms with Gasteiger partial charge in [0.2, 0.25) is 0 Å². The molecule has 17 heavy (non-hydrogen) atoms. The number of amidine groups is 1. The van der Waals surface area contributed by atoms with Crippen LogP contribution in [0.4, 0.5) is 0 Å². The van der Waals surface area contributed by atoms with Gasteiger partial charge in [-0.25, -0.2) is 0 Å². The van der Waals surface area contributed by atoms with Crippen molar-refractivity contribution < 1.29 is 5.21 Å². The molecular formula is C13H23N3O. The summed E-state index contributed by atoms with van der Waals surface area (Å²) in [5.41, 5.74) is 5.92. The second-order valence-electron chi connectivity index (χ2n) is 6.43. The first-order valence-electron chi connectivity index (χ1n) is 6.91. The predicted octanol–water partition coefficient (Wildman–Crippen LogP) is 1.68. The smallest absolute Gasteiger partial charge is 0.139 e. The molecule has 0 aliphatic heterocycles. The van der Waals surface area contributed by atoms with Gasteiger partial charge in [0.15, 0.2) is 0 Å². The first-order chi connectivity index (χ1) is 8.21. The Morgan fingerprint density at radius 3 is 2.71 bits per heavy atom. The van der Waals surface area contributed by atoms with Crippen LogP contribution < -0.4 is 11.1 Å². The molecule has 3 rings (SSSR count). The number of nitrogens with zero attached hydrogens (tertiary/aromatic N) is 1. The molecule has 3 fully saturated rings. The van der Waals surface area contributed by atoms with Crippen LogP contribution in [0, 0.1) is 17.3 Å². The molecular weight excluding hydrogens is 214 g/mol. The van der Waals surface area contributed by atoms with Gasteiger partial charge in [-0.3, -0.25) is 0 Å². The van der Waals surface area contributed by atoms with Gasteiger partial charge in [0.25, 0.3) is 0 Å². The molecule has 3 aliphatic carbocycles. The Morgan fingerprint density at radius 2 is 2.18 bits per heavy atom. The van der Waals surface area contributed by atoms with E-state index in [1.54, 1.807) is 0 Å². The molecule has 3 unspecified atom stereocenters. The van der Waals surface area contributed by atoms with E-state index in [2.05, 4.69) is 10.5 Å². The van der Waals surface area contributed by atoms with Crippen molar-refractivity contribution in [1.82, 2.24) is 5.32 Å². The van der Waals surface area contributed by atoms with Crippen LogP contribution in [0.2, 0.25) is 0 Å². The van der Waals surface area contributed by atoms with Crippen molar-refractivity contribution in [3.05, 3.63) is 0 Å². The van der Waals surface area contributed by atoms with Crippen molar-refractivity contribution in [3.63, 3.8) is 0 Å². The van der Waals surface area contributed by atoms with E-state index in [0.29, 0.717) is 11.3 Å². The molecule has 0 aromatic heterocycles. The Labute approximate surface area is 103 Å². The molecule has 0 aromatic rings. The maximum Gasteiger partial charge on any atom is 0.139 e. The molecule has 0 amide bonds. The summed E-state index contributed by atoms with van der Waals surface area (Å²) in [6, 6.07) is 0.749. The first kappa shape index (κ1) is 11.3. The third-order valence-electron chi connectivity index (χ3n) is 5.12. The molecule has 0 radical (unpaired) electrons. The summed E-state index contributed by atoms with van der Waals surface area (Å²) in [5, 5.41) is 15.5. The van der Waals surface area contributed by atoms with E-state index in [9.17, 15) is 0 Å². The highest BCUT2D eigenvalue weighted by atomic mass is 16.4. The SMILES string of the molecule is NC(CC1(CNC2CC3CCC2C3)CC1)=NO. The van der Waals surface area contributed by atoms with Crippen LogP contribution >= 0.6 is 0 Å². The van der Waals surface area contributed by atoms with Crippen LogP contribution in [0.5, 0.6) is 0 Å². The molecule has 4 heteroatoms. The zero-order valence-electron chi connectivity index (χ0n) is 10.4. The van der Waals surface area contributed by atoms with Gasteiger partial charge in [0.05, 0.1) is 0 Å². The molecule has 0 aromatic carbocycles. The normalized spacial score (nSPS) is 38.6. The molecule has 4 nitrogen and oxygen atoms in total. The summed E-state index contributed by atoms with van der Waals surface area (Å²) >= 11 is 0. The Hall–Kier alpha value is -0.770. The fourth-order valence-corrected chi connectivity index (χ4v) is 3.85. The van der Waals surface area contributed by atoms with Crippen molar-refractivity contribution in [3.8, 4) is 0 Å². The third kappa shape index (κ3) is 2.28. The van der Waals surface area contributed by atoms with Crippen LogP contribution in [0.1, 0.15) is 44.9 Å². The summed E-state index contributed by atoms with van der Waals surface area (Å²) in [4.78, 5) is 0. The van der Waals surface area contributed by atoms with E-state index in [-0.39, 0.29) is 0 Å². The van der Waals surface area contributed by atoms with Crippen LogP contribution in [-0.2, 0) is 0 Å². The number of nitrogens with one attached hydrogen (secondary N) is 1. The third-order valence-corrected chi connectivity index (χ3v) is 5.12. The van der Waals surface area contributed by atoms with Crippen LogP contribution in [-0.4, -0.2) is 23.6 Å². The monoisotopic (exact) mass is 237 g/mol. The molecule has 3 atom stereocenters. The van der Waals surface area contributed by atoms with Gasteiger partial charge in [-0.15, -0.1) is 0 Å². The van der Waals surface area contributed by atoms with Gasteiger partial charge >= 0.3 is 0 Å². The molecule has 4 N–H and O–H groups in total. The van der Waals surface area contributed by atoms with E-state index >= 15 is 0 Å². The number of fused-ring (bicyclic) bond motifs is 2. The van der Waals surface area contributed by atoms with Gasteiger partial charge in [0.1, 0.15) is 5.84 Å². The van der Waals surface area contributed by atoms with Crippen molar-refractivity contribution in [1.29, 1.82) is 0 Å². The van der Waals surface area contributed by atoms with E-state index in [1.165, 1.54) is 38.5 Å². The van der Waals surface area contributed by atoms with Crippen molar-refractivity contribution in [2.24, 2.45) is 28.1 Å². The summed E-state index contributed by atoms with van der Waals surface area (Å²) in [5.74, 6) is 2.31. The molecule has 3 aliphatic rings. The van der Waals surface area contributed by atoms with Crippen LogP contribution in [0.25, 0.3) is 0 Å². The fourth-order valence-electron chi connectivity index (χ4n) is 3.85. The van der Waals surface area contributed by atoms with Crippen molar-refractivity contribution in [2.45, 2.75) is 51.0 Å². The largest absolute Gasteiger partial charge is 0.409 e. The molecule has 0 spiro atoms. The van der Waals surface area contributed by atoms with Gasteiger partial charge in [-0.2, -0.15) is 0 Å². The molecule has 3 saturated carbocycles. The number of rotatable bonds is 5. The average molecular weight is 237 g/mol. The van der Waals surface area contributed by atoms with Crippen LogP contribution in [0.3, 0.4) is 0 Å². The lowest BCUT2D eigenvalue weighted by atomic mass is 9.94. The van der Waals surface area contributed by atoms with Gasteiger partial charge in [0, 0.05) is 19.0 Å². The minimum Gasteiger partial charge on any atom is -0.409 e. The lowest BCUT2D eigenvalue weighted by Gasteiger charge is -2.25. The quantitative estimate of drug-likeness (QED) is 0.295. The standard InChI is InChI=1S/C13H23N3O/c14-12(16-17)7-13(3-4-13)8-15-11-6-9-1-2-10(11)5-9/h9-11,15,17H,1-8H2,(H2,14,16). The van der Waals surface area contributed by atoms with Gasteiger partial charge < -0.3 is 16.3 Å². The van der Waals surface area contributed by atoms with Crippen molar-refractivity contribution in [2.75, 3.05) is 6.54 Å². The van der Waals surface area contributed by atoms with E-state index in [0.717, 1.165) is 30.8 Å². The van der Waals surface area contributed by atoms with E-state index in [4.69, 9.17) is 10.9 Å². The second-order valence-corrected chi connectivity index (χ2v) is 6.43. The lowest BCUT2D eigenvalue weighted by Crippen LogP contribution is -2.38. The summed E-state index contributed by atoms with van der Waals surface area (Å²) in [7, 11) is 0. The average Bonchev–Trinajstić information content (AvgIpc) is 2.79. The van der Waals surface area contributed by atoms with Gasteiger partial charge in [-0.05, 0) is 49.4 Å². The summed E-state index contributed by atoms with van der Waals surface area (Å²) in [6.07, 6.45) is 8.90. The summed E-state index contributed by atoms with van der Waals surface area (Å²) in [6.45, 7) is 1.05. The first-order valence-corrected chi connectivity index (χ1v) is 6.91. The Bertz CT molecular complexity index is 325. The minimum absolute atomic E-state index is 0.304. The highest BCUT2D eigenvalue weighted by Crippen LogP contribution is 2.49. The molecule has 0 saturated heterocycles. The highest BCUT2D eigenvalue weighted by molar-refractivity contribution is 5.80. The topological polar surface area (TPSA) is 70.6 Å². The van der Waals surface area contributed by atoms with Crippen molar-refractivity contribution >= 4 is 5.84 Å². The second kappa shape index (κ2) is 4.16. The lowest BCUT2D eigenvalue weighted by molar-refractivity contribution is 0.307. The predicted molar refractivity (Wildman–Crippen MR) is 66.9 cm³/mol. The maximum absolute atomic E-state index is 8.63. The fraction of sp³-hybridized carbons (Fsp3) is 0.923. The minimum atomic E-state index is 0.304. The van der Waals surface area contributed by atoms with E-state index in [1.807, 2.05) is 0 Å². The number of hydrogen-bond donors (Lipinski definition) is 3. The number of nitrogens with two attached hydrogens (primary N) is 1. The maximum atomic E-state index is 8.63. The molecule has 96 valence electrons. The van der Waals surface area contributed by atoms with Crippen LogP contribution in [0.15, 0.2) is 5.16 Å². The zero-order chi connectivity index (χ0) is 11.9. The number of oxime groups is 1. The Balaban J connectivity index is 1.48. The Morgan fingerprint density at radius 1 is 1.35 bits per heavy atom. The zero-order valence-corrected chi connectivity index (χ0v) is 10.4. The van der Waals surface area contributed by atoms with Gasteiger partial charge in [-0.1, -0.05) is 11.6 Å². The molecule has 2 bridgehead atoms. The number of hydrogen-bond acceptors (Lipinski definition) is 3.